The number of nitrogens with one attached hydrogen (secondary N) is 1. The van der Waals surface area contributed by atoms with Crippen LogP contribution in [0.3, 0.4) is 0 Å². The number of ether oxygens (including phenoxy) is 2. The predicted octanol–water partition coefficient (Wildman–Crippen LogP) is 2.60. The second-order valence-electron chi connectivity index (χ2n) is 6.04. The van der Waals surface area contributed by atoms with Crippen LogP contribution in [-0.2, 0) is 9.47 Å². The van der Waals surface area contributed by atoms with Crippen LogP contribution < -0.4 is 5.32 Å². The lowest BCUT2D eigenvalue weighted by Crippen LogP contribution is -2.43. The monoisotopic (exact) mass is 255 g/mol. The van der Waals surface area contributed by atoms with Gasteiger partial charge in [-0.1, -0.05) is 25.7 Å². The summed E-state index contributed by atoms with van der Waals surface area (Å²) in [6, 6.07) is 0.707. The maximum atomic E-state index is 5.40. The van der Waals surface area contributed by atoms with Gasteiger partial charge in [-0.05, 0) is 31.1 Å². The van der Waals surface area contributed by atoms with Crippen molar-refractivity contribution in [1.29, 1.82) is 0 Å². The van der Waals surface area contributed by atoms with Gasteiger partial charge in [0.25, 0.3) is 0 Å². The number of methoxy groups -OCH3 is 2. The third-order valence-corrected chi connectivity index (χ3v) is 4.86. The van der Waals surface area contributed by atoms with Gasteiger partial charge in [-0.3, -0.25) is 0 Å². The first-order chi connectivity index (χ1) is 8.83. The van der Waals surface area contributed by atoms with Crippen molar-refractivity contribution in [3.05, 3.63) is 0 Å². The van der Waals surface area contributed by atoms with E-state index in [9.17, 15) is 0 Å². The topological polar surface area (TPSA) is 30.5 Å². The predicted molar refractivity (Wildman–Crippen MR) is 73.8 cm³/mol. The average molecular weight is 255 g/mol. The van der Waals surface area contributed by atoms with Gasteiger partial charge in [0.05, 0.1) is 12.7 Å². The van der Waals surface area contributed by atoms with Gasteiger partial charge in [-0.15, -0.1) is 0 Å². The maximum absolute atomic E-state index is 5.40. The van der Waals surface area contributed by atoms with Crippen LogP contribution in [0, 0.1) is 11.8 Å². The van der Waals surface area contributed by atoms with Crippen molar-refractivity contribution < 1.29 is 9.47 Å². The van der Waals surface area contributed by atoms with E-state index in [0.29, 0.717) is 12.6 Å². The molecule has 1 N–H and O–H groups in total. The molecule has 0 radical (unpaired) electrons. The Hall–Kier alpha value is -0.120. The highest BCUT2D eigenvalue weighted by molar-refractivity contribution is 4.86. The van der Waals surface area contributed by atoms with E-state index in [4.69, 9.17) is 9.47 Å². The first-order valence-electron chi connectivity index (χ1n) is 7.58. The Morgan fingerprint density at radius 2 is 1.83 bits per heavy atom. The molecule has 0 aromatic rings. The van der Waals surface area contributed by atoms with Gasteiger partial charge < -0.3 is 14.8 Å². The average Bonchev–Trinajstić information content (AvgIpc) is 2.43. The fraction of sp³-hybridized carbons (Fsp3) is 1.00. The molecule has 0 aliphatic heterocycles. The Bertz CT molecular complexity index is 235. The van der Waals surface area contributed by atoms with Gasteiger partial charge in [0.15, 0.2) is 0 Å². The molecule has 0 saturated heterocycles. The van der Waals surface area contributed by atoms with Crippen LogP contribution in [0.25, 0.3) is 0 Å². The third kappa shape index (κ3) is 3.94. The smallest absolute Gasteiger partial charge is 0.0928 e. The summed E-state index contributed by atoms with van der Waals surface area (Å²) in [7, 11) is 3.50. The summed E-state index contributed by atoms with van der Waals surface area (Å²) in [6.07, 6.45) is 10.2. The van der Waals surface area contributed by atoms with E-state index in [-0.39, 0.29) is 6.10 Å². The summed E-state index contributed by atoms with van der Waals surface area (Å²) >= 11 is 0. The van der Waals surface area contributed by atoms with Crippen LogP contribution in [-0.4, -0.2) is 39.5 Å². The lowest BCUT2D eigenvalue weighted by molar-refractivity contribution is 0.0245. The van der Waals surface area contributed by atoms with Crippen LogP contribution in [0.5, 0.6) is 0 Å². The lowest BCUT2D eigenvalue weighted by Gasteiger charge is -2.40. The molecule has 2 aliphatic rings. The van der Waals surface area contributed by atoms with Gasteiger partial charge in [0.1, 0.15) is 0 Å². The van der Waals surface area contributed by atoms with Crippen molar-refractivity contribution in [1.82, 2.24) is 5.32 Å². The molecular weight excluding hydrogens is 226 g/mol. The molecule has 2 saturated carbocycles. The molecule has 2 fully saturated rings. The normalized spacial score (nSPS) is 34.0. The van der Waals surface area contributed by atoms with Crippen molar-refractivity contribution in [2.45, 2.75) is 57.1 Å². The largest absolute Gasteiger partial charge is 0.382 e. The molecule has 2 aliphatic carbocycles. The molecule has 0 aromatic heterocycles. The molecule has 4 unspecified atom stereocenters. The lowest BCUT2D eigenvalue weighted by atomic mass is 9.69. The van der Waals surface area contributed by atoms with Crippen LogP contribution in [0.1, 0.15) is 44.9 Å². The zero-order valence-electron chi connectivity index (χ0n) is 12.0. The van der Waals surface area contributed by atoms with E-state index in [1.165, 1.54) is 44.9 Å². The highest BCUT2D eigenvalue weighted by Gasteiger charge is 2.31. The van der Waals surface area contributed by atoms with Crippen molar-refractivity contribution >= 4 is 0 Å². The minimum Gasteiger partial charge on any atom is -0.382 e. The van der Waals surface area contributed by atoms with Crippen LogP contribution in [0.2, 0.25) is 0 Å². The SMILES string of the molecule is COCC(CNC1CCC2CCCCC2C1)OC. The number of rotatable bonds is 6. The van der Waals surface area contributed by atoms with E-state index in [1.807, 2.05) is 0 Å². The summed E-state index contributed by atoms with van der Waals surface area (Å²) in [4.78, 5) is 0. The van der Waals surface area contributed by atoms with Crippen LogP contribution in [0.15, 0.2) is 0 Å². The number of hydrogen-bond acceptors (Lipinski definition) is 3. The highest BCUT2D eigenvalue weighted by atomic mass is 16.5. The van der Waals surface area contributed by atoms with Gasteiger partial charge in [0.2, 0.25) is 0 Å². The van der Waals surface area contributed by atoms with E-state index >= 15 is 0 Å². The summed E-state index contributed by atoms with van der Waals surface area (Å²) in [5.74, 6) is 2.03. The van der Waals surface area contributed by atoms with E-state index in [2.05, 4.69) is 5.32 Å². The molecule has 0 amide bonds. The standard InChI is InChI=1S/C15H29NO2/c1-17-11-15(18-2)10-16-14-8-7-12-5-3-4-6-13(12)9-14/h12-16H,3-11H2,1-2H3. The molecule has 106 valence electrons. The number of hydrogen-bond donors (Lipinski definition) is 1. The minimum absolute atomic E-state index is 0.194. The second-order valence-corrected chi connectivity index (χ2v) is 6.04. The fourth-order valence-corrected chi connectivity index (χ4v) is 3.75. The first kappa shape index (κ1) is 14.3. The molecule has 3 heteroatoms. The van der Waals surface area contributed by atoms with E-state index in [0.717, 1.165) is 18.4 Å². The quantitative estimate of drug-likeness (QED) is 0.791. The van der Waals surface area contributed by atoms with Crippen LogP contribution >= 0.6 is 0 Å². The van der Waals surface area contributed by atoms with Crippen molar-refractivity contribution in [3.63, 3.8) is 0 Å². The summed E-state index contributed by atoms with van der Waals surface area (Å²) in [5, 5.41) is 3.69. The fourth-order valence-electron chi connectivity index (χ4n) is 3.75. The van der Waals surface area contributed by atoms with Gasteiger partial charge in [0, 0.05) is 26.8 Å². The molecule has 18 heavy (non-hydrogen) atoms. The van der Waals surface area contributed by atoms with Gasteiger partial charge in [-0.2, -0.15) is 0 Å². The zero-order valence-corrected chi connectivity index (χ0v) is 12.0. The Balaban J connectivity index is 1.70. The van der Waals surface area contributed by atoms with E-state index in [1.54, 1.807) is 14.2 Å². The summed E-state index contributed by atoms with van der Waals surface area (Å²) in [6.45, 7) is 1.61. The summed E-state index contributed by atoms with van der Waals surface area (Å²) in [5.41, 5.74) is 0. The van der Waals surface area contributed by atoms with Gasteiger partial charge >= 0.3 is 0 Å². The third-order valence-electron chi connectivity index (χ3n) is 4.86. The van der Waals surface area contributed by atoms with Crippen LogP contribution in [0.4, 0.5) is 0 Å². The second kappa shape index (κ2) is 7.46. The molecular formula is C15H29NO2. The van der Waals surface area contributed by atoms with Crippen molar-refractivity contribution in [2.75, 3.05) is 27.4 Å². The molecule has 0 bridgehead atoms. The van der Waals surface area contributed by atoms with Gasteiger partial charge in [-0.25, -0.2) is 0 Å². The zero-order chi connectivity index (χ0) is 12.8. The van der Waals surface area contributed by atoms with Crippen molar-refractivity contribution in [2.24, 2.45) is 11.8 Å². The molecule has 0 spiro atoms. The molecule has 3 nitrogen and oxygen atoms in total. The first-order valence-corrected chi connectivity index (χ1v) is 7.58. The molecule has 4 atom stereocenters. The molecule has 0 aromatic carbocycles. The Kier molecular flexibility index (Phi) is 5.93. The highest BCUT2D eigenvalue weighted by Crippen LogP contribution is 2.40. The van der Waals surface area contributed by atoms with E-state index < -0.39 is 0 Å². The maximum Gasteiger partial charge on any atom is 0.0928 e. The number of fused-ring (bicyclic) bond motifs is 1. The Labute approximate surface area is 112 Å². The minimum atomic E-state index is 0.194. The molecule has 2 rings (SSSR count). The van der Waals surface area contributed by atoms with Crippen molar-refractivity contribution in [3.8, 4) is 0 Å². The Morgan fingerprint density at radius 3 is 2.56 bits per heavy atom. The summed E-state index contributed by atoms with van der Waals surface area (Å²) < 4.78 is 10.6. The molecule has 0 heterocycles. The Morgan fingerprint density at radius 1 is 1.06 bits per heavy atom.